The van der Waals surface area contributed by atoms with Crippen LogP contribution in [0.1, 0.15) is 25.7 Å². The minimum atomic E-state index is -2.70. The zero-order valence-corrected chi connectivity index (χ0v) is 9.64. The molecule has 98 valence electrons. The maximum absolute atomic E-state index is 12.9. The van der Waals surface area contributed by atoms with Crippen molar-refractivity contribution >= 4 is 5.91 Å². The van der Waals surface area contributed by atoms with E-state index < -0.39 is 17.4 Å². The number of hydrogen-bond acceptors (Lipinski definition) is 3. The van der Waals surface area contributed by atoms with E-state index in [4.69, 9.17) is 0 Å². The van der Waals surface area contributed by atoms with Crippen LogP contribution in [0.3, 0.4) is 0 Å². The Kier molecular flexibility index (Phi) is 3.36. The van der Waals surface area contributed by atoms with Crippen molar-refractivity contribution in [3.05, 3.63) is 0 Å². The van der Waals surface area contributed by atoms with Crippen LogP contribution >= 0.6 is 0 Å². The van der Waals surface area contributed by atoms with Gasteiger partial charge in [0.2, 0.25) is 11.8 Å². The molecule has 0 aromatic carbocycles. The molecule has 17 heavy (non-hydrogen) atoms. The Morgan fingerprint density at radius 1 is 1.47 bits per heavy atom. The van der Waals surface area contributed by atoms with Gasteiger partial charge in [0.05, 0.1) is 5.60 Å². The Morgan fingerprint density at radius 2 is 2.24 bits per heavy atom. The maximum Gasteiger partial charge on any atom is 0.248 e. The Balaban J connectivity index is 1.78. The van der Waals surface area contributed by atoms with Crippen molar-refractivity contribution in [3.8, 4) is 0 Å². The Bertz CT molecular complexity index is 304. The zero-order chi connectivity index (χ0) is 12.5. The first-order valence-corrected chi connectivity index (χ1v) is 5.99. The molecule has 0 aromatic rings. The molecule has 2 atom stereocenters. The number of carbonyl (C=O) groups is 1. The molecule has 1 saturated heterocycles. The second-order valence-electron chi connectivity index (χ2n) is 5.16. The summed E-state index contributed by atoms with van der Waals surface area (Å²) in [6.07, 6.45) is 0.232. The predicted molar refractivity (Wildman–Crippen MR) is 57.7 cm³/mol. The summed E-state index contributed by atoms with van der Waals surface area (Å²) in [7, 11) is 0. The number of halogens is 2. The first-order valence-electron chi connectivity index (χ1n) is 5.99. The van der Waals surface area contributed by atoms with Crippen LogP contribution in [0.2, 0.25) is 0 Å². The third-order valence-corrected chi connectivity index (χ3v) is 3.59. The number of amides is 1. The molecule has 0 radical (unpaired) electrons. The number of aliphatic hydroxyl groups is 1. The fraction of sp³-hybridized carbons (Fsp3) is 0.909. The second kappa shape index (κ2) is 4.49. The van der Waals surface area contributed by atoms with E-state index >= 15 is 0 Å². The molecule has 0 spiro atoms. The van der Waals surface area contributed by atoms with Gasteiger partial charge in [0.25, 0.3) is 0 Å². The van der Waals surface area contributed by atoms with Crippen molar-refractivity contribution in [1.82, 2.24) is 10.6 Å². The van der Waals surface area contributed by atoms with Gasteiger partial charge in [-0.3, -0.25) is 4.79 Å². The van der Waals surface area contributed by atoms with Gasteiger partial charge in [0.15, 0.2) is 0 Å². The van der Waals surface area contributed by atoms with Crippen molar-refractivity contribution < 1.29 is 18.7 Å². The first kappa shape index (κ1) is 12.7. The highest BCUT2D eigenvalue weighted by molar-refractivity contribution is 5.79. The summed E-state index contributed by atoms with van der Waals surface area (Å²) >= 11 is 0. The van der Waals surface area contributed by atoms with Gasteiger partial charge in [0.1, 0.15) is 0 Å². The highest BCUT2D eigenvalue weighted by atomic mass is 19.3. The molecule has 1 heterocycles. The summed E-state index contributed by atoms with van der Waals surface area (Å²) < 4.78 is 25.9. The fourth-order valence-corrected chi connectivity index (χ4v) is 2.45. The van der Waals surface area contributed by atoms with Gasteiger partial charge in [0, 0.05) is 31.8 Å². The summed E-state index contributed by atoms with van der Waals surface area (Å²) in [5.74, 6) is -3.67. The molecular formula is C11H18F2N2O2. The van der Waals surface area contributed by atoms with Crippen molar-refractivity contribution in [1.29, 1.82) is 0 Å². The average molecular weight is 248 g/mol. The Hall–Kier alpha value is -0.750. The van der Waals surface area contributed by atoms with Gasteiger partial charge in [-0.05, 0) is 19.4 Å². The summed E-state index contributed by atoms with van der Waals surface area (Å²) in [5, 5.41) is 15.5. The fourth-order valence-electron chi connectivity index (χ4n) is 2.45. The van der Waals surface area contributed by atoms with Gasteiger partial charge >= 0.3 is 0 Å². The van der Waals surface area contributed by atoms with Crippen LogP contribution in [0.4, 0.5) is 8.78 Å². The van der Waals surface area contributed by atoms with Gasteiger partial charge in [-0.1, -0.05) is 0 Å². The molecule has 2 unspecified atom stereocenters. The van der Waals surface area contributed by atoms with E-state index in [9.17, 15) is 18.7 Å². The summed E-state index contributed by atoms with van der Waals surface area (Å²) in [6.45, 7) is 1.29. The standard InChI is InChI=1S/C11H18F2N2O2/c12-11(13)2-1-8(5-11)9(16)15-7-10(17)3-4-14-6-10/h8,14,17H,1-7H2,(H,15,16). The van der Waals surface area contributed by atoms with E-state index in [1.54, 1.807) is 0 Å². The number of β-amino-alcohol motifs (C(OH)–C–C–N with tert-alkyl or cyclic N) is 1. The number of nitrogens with one attached hydrogen (secondary N) is 2. The maximum atomic E-state index is 12.9. The molecular weight excluding hydrogens is 230 g/mol. The van der Waals surface area contributed by atoms with Crippen LogP contribution < -0.4 is 10.6 Å². The van der Waals surface area contributed by atoms with Crippen molar-refractivity contribution in [3.63, 3.8) is 0 Å². The molecule has 1 aliphatic heterocycles. The minimum absolute atomic E-state index is 0.140. The number of alkyl halides is 2. The molecule has 3 N–H and O–H groups in total. The van der Waals surface area contributed by atoms with E-state index in [0.29, 0.717) is 19.5 Å². The van der Waals surface area contributed by atoms with Crippen molar-refractivity contribution in [2.24, 2.45) is 5.92 Å². The normalized spacial score (nSPS) is 36.1. The SMILES string of the molecule is O=C(NCC1(O)CCNC1)C1CCC(F)(F)C1. The van der Waals surface area contributed by atoms with Crippen molar-refractivity contribution in [2.45, 2.75) is 37.2 Å². The lowest BCUT2D eigenvalue weighted by Crippen LogP contribution is -2.45. The number of rotatable bonds is 3. The largest absolute Gasteiger partial charge is 0.387 e. The van der Waals surface area contributed by atoms with Crippen LogP contribution in [-0.4, -0.2) is 42.2 Å². The molecule has 0 aromatic heterocycles. The van der Waals surface area contributed by atoms with Crippen LogP contribution in [0.25, 0.3) is 0 Å². The molecule has 4 nitrogen and oxygen atoms in total. The quantitative estimate of drug-likeness (QED) is 0.671. The summed E-state index contributed by atoms with van der Waals surface area (Å²) in [5.41, 5.74) is -0.920. The van der Waals surface area contributed by atoms with Gasteiger partial charge < -0.3 is 15.7 Å². The highest BCUT2D eigenvalue weighted by Crippen LogP contribution is 2.38. The Labute approximate surface area is 98.8 Å². The monoisotopic (exact) mass is 248 g/mol. The molecule has 6 heteroatoms. The molecule has 2 aliphatic rings. The lowest BCUT2D eigenvalue weighted by Gasteiger charge is -2.22. The smallest absolute Gasteiger partial charge is 0.248 e. The average Bonchev–Trinajstić information content (AvgIpc) is 2.82. The predicted octanol–water partition coefficient (Wildman–Crippen LogP) is 0.262. The van der Waals surface area contributed by atoms with Crippen LogP contribution in [0.15, 0.2) is 0 Å². The van der Waals surface area contributed by atoms with Gasteiger partial charge in [-0.25, -0.2) is 8.78 Å². The van der Waals surface area contributed by atoms with Crippen LogP contribution in [0, 0.1) is 5.92 Å². The summed E-state index contributed by atoms with van der Waals surface area (Å²) in [4.78, 5) is 11.7. The molecule has 1 saturated carbocycles. The topological polar surface area (TPSA) is 61.4 Å². The van der Waals surface area contributed by atoms with Gasteiger partial charge in [-0.2, -0.15) is 0 Å². The number of carbonyl (C=O) groups excluding carboxylic acids is 1. The van der Waals surface area contributed by atoms with E-state index in [-0.39, 0.29) is 31.7 Å². The highest BCUT2D eigenvalue weighted by Gasteiger charge is 2.43. The molecule has 1 aliphatic carbocycles. The lowest BCUT2D eigenvalue weighted by atomic mass is 10.0. The first-order chi connectivity index (χ1) is 7.90. The van der Waals surface area contributed by atoms with E-state index in [1.807, 2.05) is 0 Å². The number of hydrogen-bond donors (Lipinski definition) is 3. The molecule has 2 fully saturated rings. The summed E-state index contributed by atoms with van der Waals surface area (Å²) in [6, 6.07) is 0. The third-order valence-electron chi connectivity index (χ3n) is 3.59. The lowest BCUT2D eigenvalue weighted by molar-refractivity contribution is -0.126. The van der Waals surface area contributed by atoms with E-state index in [1.165, 1.54) is 0 Å². The molecule has 0 bridgehead atoms. The van der Waals surface area contributed by atoms with E-state index in [0.717, 1.165) is 0 Å². The molecule has 2 rings (SSSR count). The van der Waals surface area contributed by atoms with Gasteiger partial charge in [-0.15, -0.1) is 0 Å². The molecule has 1 amide bonds. The van der Waals surface area contributed by atoms with Crippen molar-refractivity contribution in [2.75, 3.05) is 19.6 Å². The Morgan fingerprint density at radius 3 is 2.76 bits per heavy atom. The zero-order valence-electron chi connectivity index (χ0n) is 9.64. The minimum Gasteiger partial charge on any atom is -0.387 e. The van der Waals surface area contributed by atoms with E-state index in [2.05, 4.69) is 10.6 Å². The van der Waals surface area contributed by atoms with Crippen LogP contribution in [-0.2, 0) is 4.79 Å². The second-order valence-corrected chi connectivity index (χ2v) is 5.16. The third kappa shape index (κ3) is 3.13. The van der Waals surface area contributed by atoms with Crippen LogP contribution in [0.5, 0.6) is 0 Å².